The van der Waals surface area contributed by atoms with Crippen molar-refractivity contribution < 1.29 is 23.8 Å². The van der Waals surface area contributed by atoms with Gasteiger partial charge in [-0.2, -0.15) is 0 Å². The molecule has 0 saturated carbocycles. The monoisotopic (exact) mass is 412 g/mol. The number of carbonyl (C=O) groups excluding carboxylic acids is 2. The Balaban J connectivity index is 1.61. The Morgan fingerprint density at radius 2 is 1.60 bits per heavy atom. The van der Waals surface area contributed by atoms with Gasteiger partial charge in [-0.25, -0.2) is 0 Å². The minimum atomic E-state index is -0.440. The Morgan fingerprint density at radius 1 is 0.933 bits per heavy atom. The van der Waals surface area contributed by atoms with Crippen LogP contribution in [0.15, 0.2) is 42.5 Å². The van der Waals surface area contributed by atoms with Crippen molar-refractivity contribution in [1.29, 1.82) is 0 Å². The second-order valence-electron chi connectivity index (χ2n) is 7.31. The van der Waals surface area contributed by atoms with Crippen molar-refractivity contribution in [2.24, 2.45) is 0 Å². The van der Waals surface area contributed by atoms with Gasteiger partial charge in [0.2, 0.25) is 11.8 Å². The highest BCUT2D eigenvalue weighted by Crippen LogP contribution is 2.28. The summed E-state index contributed by atoms with van der Waals surface area (Å²) in [6.07, 6.45) is 0.768. The van der Waals surface area contributed by atoms with Crippen LogP contribution in [0.25, 0.3) is 0 Å². The van der Waals surface area contributed by atoms with Gasteiger partial charge in [0.15, 0.2) is 11.5 Å². The van der Waals surface area contributed by atoms with Crippen LogP contribution in [0.5, 0.6) is 17.2 Å². The van der Waals surface area contributed by atoms with Gasteiger partial charge in [-0.15, -0.1) is 0 Å². The summed E-state index contributed by atoms with van der Waals surface area (Å²) in [4.78, 5) is 28.7. The molecule has 2 amide bonds. The predicted molar refractivity (Wildman–Crippen MR) is 113 cm³/mol. The third kappa shape index (κ3) is 4.74. The van der Waals surface area contributed by atoms with Crippen molar-refractivity contribution in [2.45, 2.75) is 25.4 Å². The van der Waals surface area contributed by atoms with Gasteiger partial charge in [0.1, 0.15) is 5.75 Å². The molecule has 1 heterocycles. The molecule has 0 aromatic heterocycles. The molecule has 7 heteroatoms. The summed E-state index contributed by atoms with van der Waals surface area (Å²) in [6.45, 7) is 0.928. The van der Waals surface area contributed by atoms with Crippen molar-refractivity contribution in [3.63, 3.8) is 0 Å². The fraction of sp³-hybridized carbons (Fsp3) is 0.391. The number of amides is 2. The van der Waals surface area contributed by atoms with Crippen LogP contribution >= 0.6 is 0 Å². The number of benzene rings is 2. The molecule has 7 nitrogen and oxygen atoms in total. The summed E-state index contributed by atoms with van der Waals surface area (Å²) in [5.74, 6) is 1.79. The van der Waals surface area contributed by atoms with Crippen molar-refractivity contribution in [1.82, 2.24) is 9.80 Å². The SMILES string of the molecule is COc1ccc(CN(C)[C@H]2CC(=O)N(CCc3ccc(OC)c(OC)c3)C2=O)cc1. The van der Waals surface area contributed by atoms with E-state index < -0.39 is 6.04 Å². The predicted octanol–water partition coefficient (Wildman–Crippen LogP) is 2.51. The number of carbonyl (C=O) groups is 2. The van der Waals surface area contributed by atoms with Gasteiger partial charge in [0, 0.05) is 13.1 Å². The van der Waals surface area contributed by atoms with Crippen LogP contribution in [0, 0.1) is 0 Å². The smallest absolute Gasteiger partial charge is 0.247 e. The first-order chi connectivity index (χ1) is 14.5. The average molecular weight is 412 g/mol. The fourth-order valence-corrected chi connectivity index (χ4v) is 3.65. The number of hydrogen-bond donors (Lipinski definition) is 0. The van der Waals surface area contributed by atoms with Gasteiger partial charge in [0.05, 0.1) is 33.8 Å². The molecular formula is C23H28N2O5. The summed E-state index contributed by atoms with van der Waals surface area (Å²) in [5.41, 5.74) is 2.03. The number of likely N-dealkylation sites (tertiary alicyclic amines) is 1. The highest BCUT2D eigenvalue weighted by atomic mass is 16.5. The molecule has 1 aliphatic rings. The first kappa shape index (κ1) is 21.6. The normalized spacial score (nSPS) is 16.3. The lowest BCUT2D eigenvalue weighted by atomic mass is 10.1. The van der Waals surface area contributed by atoms with E-state index in [2.05, 4.69) is 0 Å². The highest BCUT2D eigenvalue weighted by Gasteiger charge is 2.40. The molecule has 2 aromatic carbocycles. The first-order valence-corrected chi connectivity index (χ1v) is 9.85. The van der Waals surface area contributed by atoms with Gasteiger partial charge >= 0.3 is 0 Å². The van der Waals surface area contributed by atoms with Crippen molar-refractivity contribution in [3.8, 4) is 17.2 Å². The Hall–Kier alpha value is -3.06. The zero-order valence-electron chi connectivity index (χ0n) is 17.9. The molecule has 3 rings (SSSR count). The lowest BCUT2D eigenvalue weighted by Gasteiger charge is -2.23. The van der Waals surface area contributed by atoms with Gasteiger partial charge < -0.3 is 14.2 Å². The zero-order valence-corrected chi connectivity index (χ0v) is 17.9. The van der Waals surface area contributed by atoms with Crippen LogP contribution in [0.2, 0.25) is 0 Å². The Morgan fingerprint density at radius 3 is 2.23 bits per heavy atom. The number of ether oxygens (including phenoxy) is 3. The molecule has 0 bridgehead atoms. The molecule has 0 unspecified atom stereocenters. The molecule has 0 spiro atoms. The van der Waals surface area contributed by atoms with Crippen LogP contribution in [-0.4, -0.2) is 62.6 Å². The van der Waals surface area contributed by atoms with E-state index in [1.165, 1.54) is 4.90 Å². The third-order valence-electron chi connectivity index (χ3n) is 5.42. The molecule has 1 fully saturated rings. The van der Waals surface area contributed by atoms with E-state index in [4.69, 9.17) is 14.2 Å². The van der Waals surface area contributed by atoms with E-state index in [0.717, 1.165) is 16.9 Å². The quantitative estimate of drug-likeness (QED) is 0.590. The first-order valence-electron chi connectivity index (χ1n) is 9.85. The summed E-state index contributed by atoms with van der Waals surface area (Å²) < 4.78 is 15.7. The van der Waals surface area contributed by atoms with Gasteiger partial charge in [0.25, 0.3) is 0 Å². The van der Waals surface area contributed by atoms with E-state index in [9.17, 15) is 9.59 Å². The van der Waals surface area contributed by atoms with Gasteiger partial charge in [-0.3, -0.25) is 19.4 Å². The van der Waals surface area contributed by atoms with E-state index in [0.29, 0.717) is 31.0 Å². The zero-order chi connectivity index (χ0) is 21.7. The highest BCUT2D eigenvalue weighted by molar-refractivity contribution is 6.05. The number of hydrogen-bond acceptors (Lipinski definition) is 6. The molecule has 1 saturated heterocycles. The second kappa shape index (κ2) is 9.63. The van der Waals surface area contributed by atoms with E-state index >= 15 is 0 Å². The average Bonchev–Trinajstić information content (AvgIpc) is 3.06. The minimum Gasteiger partial charge on any atom is -0.497 e. The van der Waals surface area contributed by atoms with Gasteiger partial charge in [-0.1, -0.05) is 18.2 Å². The number of likely N-dealkylation sites (N-methyl/N-ethyl adjacent to an activating group) is 1. The van der Waals surface area contributed by atoms with Crippen molar-refractivity contribution in [2.75, 3.05) is 34.9 Å². The lowest BCUT2D eigenvalue weighted by Crippen LogP contribution is -2.40. The molecule has 160 valence electrons. The number of nitrogens with zero attached hydrogens (tertiary/aromatic N) is 2. The molecule has 2 aromatic rings. The maximum atomic E-state index is 12.9. The molecule has 0 N–H and O–H groups in total. The second-order valence-corrected chi connectivity index (χ2v) is 7.31. The molecule has 30 heavy (non-hydrogen) atoms. The Bertz CT molecular complexity index is 897. The van der Waals surface area contributed by atoms with E-state index in [1.54, 1.807) is 21.3 Å². The topological polar surface area (TPSA) is 68.3 Å². The third-order valence-corrected chi connectivity index (χ3v) is 5.42. The van der Waals surface area contributed by atoms with Crippen LogP contribution in [0.1, 0.15) is 17.5 Å². The molecule has 0 radical (unpaired) electrons. The van der Waals surface area contributed by atoms with Crippen LogP contribution in [-0.2, 0) is 22.6 Å². The maximum absolute atomic E-state index is 12.9. The lowest BCUT2D eigenvalue weighted by molar-refractivity contribution is -0.139. The maximum Gasteiger partial charge on any atom is 0.247 e. The largest absolute Gasteiger partial charge is 0.497 e. The van der Waals surface area contributed by atoms with E-state index in [-0.39, 0.29) is 18.2 Å². The number of methoxy groups -OCH3 is 3. The van der Waals surface area contributed by atoms with E-state index in [1.807, 2.05) is 54.4 Å². The molecule has 1 atom stereocenters. The number of imide groups is 1. The van der Waals surface area contributed by atoms with Crippen LogP contribution < -0.4 is 14.2 Å². The molecule has 0 aliphatic carbocycles. The summed E-state index contributed by atoms with van der Waals surface area (Å²) >= 11 is 0. The number of rotatable bonds is 9. The molecule has 1 aliphatic heterocycles. The fourth-order valence-electron chi connectivity index (χ4n) is 3.65. The van der Waals surface area contributed by atoms with Gasteiger partial charge in [-0.05, 0) is 48.9 Å². The Kier molecular flexibility index (Phi) is 6.95. The Labute approximate surface area is 177 Å². The summed E-state index contributed by atoms with van der Waals surface area (Å²) in [6, 6.07) is 12.9. The standard InChI is InChI=1S/C23H28N2O5/c1-24(15-17-5-8-18(28-2)9-6-17)19-14-22(26)25(23(19)27)12-11-16-7-10-20(29-3)21(13-16)30-4/h5-10,13,19H,11-12,14-15H2,1-4H3/t19-/m0/s1. The van der Waals surface area contributed by atoms with Crippen LogP contribution in [0.3, 0.4) is 0 Å². The van der Waals surface area contributed by atoms with Crippen LogP contribution in [0.4, 0.5) is 0 Å². The minimum absolute atomic E-state index is 0.132. The summed E-state index contributed by atoms with van der Waals surface area (Å²) in [5, 5.41) is 0. The summed E-state index contributed by atoms with van der Waals surface area (Å²) in [7, 11) is 6.67. The van der Waals surface area contributed by atoms with Crippen molar-refractivity contribution >= 4 is 11.8 Å². The molecular weight excluding hydrogens is 384 g/mol. The van der Waals surface area contributed by atoms with Crippen molar-refractivity contribution in [3.05, 3.63) is 53.6 Å².